The molecule has 17 heavy (non-hydrogen) atoms. The molecular weight excluding hydrogens is 232 g/mol. The topological polar surface area (TPSA) is 56.2 Å². The van der Waals surface area contributed by atoms with Gasteiger partial charge in [0, 0.05) is 18.8 Å². The van der Waals surface area contributed by atoms with Crippen molar-refractivity contribution in [3.05, 3.63) is 41.7 Å². The van der Waals surface area contributed by atoms with E-state index in [0.717, 1.165) is 23.6 Å². The molecule has 2 N–H and O–H groups in total. The molecule has 0 spiro atoms. The van der Waals surface area contributed by atoms with Crippen LogP contribution in [0.15, 0.2) is 36.0 Å². The molecule has 0 bridgehead atoms. The maximum absolute atomic E-state index is 5.67. The predicted molar refractivity (Wildman–Crippen MR) is 69.1 cm³/mol. The summed E-state index contributed by atoms with van der Waals surface area (Å²) in [6.07, 6.45) is 4.55. The van der Waals surface area contributed by atoms with Crippen molar-refractivity contribution in [2.24, 2.45) is 5.73 Å². The summed E-state index contributed by atoms with van der Waals surface area (Å²) in [6.45, 7) is 0.612. The van der Waals surface area contributed by atoms with Gasteiger partial charge in [0.05, 0.1) is 10.6 Å². The highest BCUT2D eigenvalue weighted by Gasteiger charge is 2.14. The molecule has 0 aliphatic carbocycles. The lowest BCUT2D eigenvalue weighted by Gasteiger charge is -2.00. The van der Waals surface area contributed by atoms with E-state index in [2.05, 4.69) is 21.4 Å². The van der Waals surface area contributed by atoms with Crippen molar-refractivity contribution in [2.75, 3.05) is 6.54 Å². The first-order valence-corrected chi connectivity index (χ1v) is 6.34. The summed E-state index contributed by atoms with van der Waals surface area (Å²) in [5.74, 6) is 0.736. The molecule has 4 nitrogen and oxygen atoms in total. The van der Waals surface area contributed by atoms with Crippen LogP contribution in [0.3, 0.4) is 0 Å². The number of hydrogen-bond acceptors (Lipinski definition) is 4. The zero-order valence-electron chi connectivity index (χ0n) is 9.21. The number of rotatable bonds is 3. The molecule has 0 saturated carbocycles. The van der Waals surface area contributed by atoms with Crippen LogP contribution in [0.25, 0.3) is 16.3 Å². The first kappa shape index (κ1) is 10.4. The van der Waals surface area contributed by atoms with Crippen LogP contribution in [-0.4, -0.2) is 20.9 Å². The third-order valence-corrected chi connectivity index (χ3v) is 3.51. The van der Waals surface area contributed by atoms with Crippen molar-refractivity contribution >= 4 is 17.1 Å². The minimum Gasteiger partial charge on any atom is -0.330 e. The molecule has 86 valence electrons. The number of nitrogens with two attached hydrogens (primary N) is 1. The fraction of sp³-hybridized carbons (Fsp3) is 0.167. The van der Waals surface area contributed by atoms with E-state index < -0.39 is 0 Å². The second-order valence-electron chi connectivity index (χ2n) is 3.71. The van der Waals surface area contributed by atoms with E-state index in [4.69, 9.17) is 5.73 Å². The Bertz CT molecular complexity index is 627. The zero-order valence-corrected chi connectivity index (χ0v) is 10.0. The van der Waals surface area contributed by atoms with Gasteiger partial charge in [-0.3, -0.25) is 4.40 Å². The van der Waals surface area contributed by atoms with E-state index in [-0.39, 0.29) is 0 Å². The summed E-state index contributed by atoms with van der Waals surface area (Å²) in [5.41, 5.74) is 7.82. The standard InChI is InChI=1S/C12H12N4S/c13-5-4-9-11(10-3-1-8-17-10)15-12-14-6-2-7-16(9)12/h1-3,6-8H,4-5,13H2. The summed E-state index contributed by atoms with van der Waals surface area (Å²) in [5, 5.41) is 2.05. The Balaban J connectivity index is 2.26. The minimum absolute atomic E-state index is 0.612. The smallest absolute Gasteiger partial charge is 0.234 e. The highest BCUT2D eigenvalue weighted by molar-refractivity contribution is 7.13. The number of fused-ring (bicyclic) bond motifs is 1. The summed E-state index contributed by atoms with van der Waals surface area (Å²) in [4.78, 5) is 10.0. The van der Waals surface area contributed by atoms with Crippen LogP contribution < -0.4 is 5.73 Å². The molecule has 0 radical (unpaired) electrons. The van der Waals surface area contributed by atoms with Crippen molar-refractivity contribution in [1.29, 1.82) is 0 Å². The zero-order chi connectivity index (χ0) is 11.7. The second-order valence-corrected chi connectivity index (χ2v) is 4.66. The molecule has 0 atom stereocenters. The van der Waals surface area contributed by atoms with Gasteiger partial charge in [-0.1, -0.05) is 6.07 Å². The molecule has 0 fully saturated rings. The van der Waals surface area contributed by atoms with Crippen molar-refractivity contribution in [3.63, 3.8) is 0 Å². The quantitative estimate of drug-likeness (QED) is 0.766. The average Bonchev–Trinajstić information content (AvgIpc) is 2.97. The maximum atomic E-state index is 5.67. The van der Waals surface area contributed by atoms with Crippen LogP contribution in [0, 0.1) is 0 Å². The summed E-state index contributed by atoms with van der Waals surface area (Å²) < 4.78 is 2.02. The number of thiophene rings is 1. The fourth-order valence-corrected chi connectivity index (χ4v) is 2.66. The first-order chi connectivity index (χ1) is 8.40. The predicted octanol–water partition coefficient (Wildman–Crippen LogP) is 1.96. The van der Waals surface area contributed by atoms with Gasteiger partial charge in [-0.05, 0) is 24.1 Å². The number of nitrogens with zero attached hydrogens (tertiary/aromatic N) is 3. The molecule has 3 aromatic rings. The second kappa shape index (κ2) is 4.27. The lowest BCUT2D eigenvalue weighted by atomic mass is 10.2. The molecule has 3 rings (SSSR count). The maximum Gasteiger partial charge on any atom is 0.234 e. The van der Waals surface area contributed by atoms with Gasteiger partial charge in [-0.2, -0.15) is 0 Å². The van der Waals surface area contributed by atoms with Crippen LogP contribution in [0.5, 0.6) is 0 Å². The summed E-state index contributed by atoms with van der Waals surface area (Å²) in [6, 6.07) is 6.02. The Morgan fingerprint density at radius 1 is 1.35 bits per heavy atom. The van der Waals surface area contributed by atoms with Gasteiger partial charge in [-0.25, -0.2) is 9.97 Å². The van der Waals surface area contributed by atoms with Gasteiger partial charge in [0.25, 0.3) is 0 Å². The summed E-state index contributed by atoms with van der Waals surface area (Å²) in [7, 11) is 0. The molecule has 0 aliphatic rings. The van der Waals surface area contributed by atoms with Crippen molar-refractivity contribution in [3.8, 4) is 10.6 Å². The monoisotopic (exact) mass is 244 g/mol. The van der Waals surface area contributed by atoms with Crippen LogP contribution in [0.4, 0.5) is 0 Å². The van der Waals surface area contributed by atoms with Crippen LogP contribution in [-0.2, 0) is 6.42 Å². The SMILES string of the molecule is NCCc1c(-c2cccs2)nc2ncccn12. The summed E-state index contributed by atoms with van der Waals surface area (Å²) >= 11 is 1.69. The van der Waals surface area contributed by atoms with Crippen LogP contribution in [0.1, 0.15) is 5.69 Å². The van der Waals surface area contributed by atoms with E-state index in [1.54, 1.807) is 17.5 Å². The Morgan fingerprint density at radius 2 is 2.29 bits per heavy atom. The molecule has 0 unspecified atom stereocenters. The molecular formula is C12H12N4S. The van der Waals surface area contributed by atoms with Crippen molar-refractivity contribution in [1.82, 2.24) is 14.4 Å². The first-order valence-electron chi connectivity index (χ1n) is 5.46. The highest BCUT2D eigenvalue weighted by atomic mass is 32.1. The van der Waals surface area contributed by atoms with Crippen molar-refractivity contribution in [2.45, 2.75) is 6.42 Å². The highest BCUT2D eigenvalue weighted by Crippen LogP contribution is 2.27. The minimum atomic E-state index is 0.612. The Morgan fingerprint density at radius 3 is 3.06 bits per heavy atom. The molecule has 5 heteroatoms. The van der Waals surface area contributed by atoms with Crippen LogP contribution >= 0.6 is 11.3 Å². The van der Waals surface area contributed by atoms with E-state index in [0.29, 0.717) is 6.54 Å². The number of imidazole rings is 1. The molecule has 0 aliphatic heterocycles. The Labute approximate surface area is 103 Å². The molecule has 0 amide bonds. The molecule has 3 aromatic heterocycles. The van der Waals surface area contributed by atoms with Crippen molar-refractivity contribution < 1.29 is 0 Å². The molecule has 0 aromatic carbocycles. The average molecular weight is 244 g/mol. The lowest BCUT2D eigenvalue weighted by molar-refractivity contribution is 0.901. The Kier molecular flexibility index (Phi) is 2.62. The van der Waals surface area contributed by atoms with Gasteiger partial charge in [0.1, 0.15) is 5.69 Å². The van der Waals surface area contributed by atoms with Gasteiger partial charge in [-0.15, -0.1) is 11.3 Å². The third-order valence-electron chi connectivity index (χ3n) is 2.64. The molecule has 0 saturated heterocycles. The van der Waals surface area contributed by atoms with E-state index in [1.165, 1.54) is 4.88 Å². The van der Waals surface area contributed by atoms with Gasteiger partial charge < -0.3 is 5.73 Å². The van der Waals surface area contributed by atoms with Gasteiger partial charge >= 0.3 is 0 Å². The fourth-order valence-electron chi connectivity index (χ4n) is 1.92. The van der Waals surface area contributed by atoms with Gasteiger partial charge in [0.2, 0.25) is 5.78 Å². The van der Waals surface area contributed by atoms with E-state index in [1.807, 2.05) is 22.7 Å². The van der Waals surface area contributed by atoms with E-state index >= 15 is 0 Å². The van der Waals surface area contributed by atoms with Crippen LogP contribution in [0.2, 0.25) is 0 Å². The largest absolute Gasteiger partial charge is 0.330 e. The molecule has 3 heterocycles. The third kappa shape index (κ3) is 1.73. The number of aromatic nitrogens is 3. The van der Waals surface area contributed by atoms with E-state index in [9.17, 15) is 0 Å². The Hall–Kier alpha value is -1.72. The normalized spacial score (nSPS) is 11.1. The lowest BCUT2D eigenvalue weighted by Crippen LogP contribution is -2.06. The van der Waals surface area contributed by atoms with Gasteiger partial charge in [0.15, 0.2) is 0 Å². The number of hydrogen-bond donors (Lipinski definition) is 1.